The fraction of sp³-hybridized carbons (Fsp3) is 0.500. The van der Waals surface area contributed by atoms with Crippen molar-refractivity contribution in [1.29, 1.82) is 0 Å². The van der Waals surface area contributed by atoms with E-state index in [4.69, 9.17) is 5.11 Å². The molecule has 0 radical (unpaired) electrons. The van der Waals surface area contributed by atoms with Crippen molar-refractivity contribution in [3.8, 4) is 11.4 Å². The van der Waals surface area contributed by atoms with E-state index < -0.39 is 5.97 Å². The normalized spacial score (nSPS) is 16.3. The van der Waals surface area contributed by atoms with Gasteiger partial charge in [-0.05, 0) is 45.3 Å². The SMILES string of the molecule is O=C(O)CCCCN1CCC(c2nc(-c3ccccc3)n[nH]2)CC1. The first-order valence-corrected chi connectivity index (χ1v) is 8.64. The third-order valence-corrected chi connectivity index (χ3v) is 4.62. The lowest BCUT2D eigenvalue weighted by Crippen LogP contribution is -2.34. The molecule has 2 N–H and O–H groups in total. The molecule has 0 unspecified atom stereocenters. The Balaban J connectivity index is 1.47. The van der Waals surface area contributed by atoms with Crippen LogP contribution in [-0.4, -0.2) is 50.8 Å². The molecule has 0 amide bonds. The zero-order valence-corrected chi connectivity index (χ0v) is 13.8. The number of benzene rings is 1. The first-order valence-electron chi connectivity index (χ1n) is 8.64. The second-order valence-electron chi connectivity index (χ2n) is 6.38. The number of likely N-dealkylation sites (tertiary alicyclic amines) is 1. The van der Waals surface area contributed by atoms with Gasteiger partial charge in [0.2, 0.25) is 0 Å². The summed E-state index contributed by atoms with van der Waals surface area (Å²) in [7, 11) is 0. The Labute approximate surface area is 141 Å². The number of nitrogens with one attached hydrogen (secondary N) is 1. The van der Waals surface area contributed by atoms with Crippen molar-refractivity contribution < 1.29 is 9.90 Å². The molecular weight excluding hydrogens is 304 g/mol. The minimum absolute atomic E-state index is 0.275. The summed E-state index contributed by atoms with van der Waals surface area (Å²) in [6.07, 6.45) is 4.14. The topological polar surface area (TPSA) is 82.1 Å². The number of hydrogen-bond donors (Lipinski definition) is 2. The van der Waals surface area contributed by atoms with Crippen LogP contribution in [-0.2, 0) is 4.79 Å². The Morgan fingerprint density at radius 3 is 2.67 bits per heavy atom. The van der Waals surface area contributed by atoms with E-state index in [0.717, 1.165) is 62.5 Å². The number of H-pyrrole nitrogens is 1. The van der Waals surface area contributed by atoms with Crippen molar-refractivity contribution in [2.75, 3.05) is 19.6 Å². The van der Waals surface area contributed by atoms with E-state index in [0.29, 0.717) is 5.92 Å². The van der Waals surface area contributed by atoms with Crippen LogP contribution >= 0.6 is 0 Å². The van der Waals surface area contributed by atoms with Crippen LogP contribution in [0.3, 0.4) is 0 Å². The molecule has 6 heteroatoms. The monoisotopic (exact) mass is 328 g/mol. The van der Waals surface area contributed by atoms with E-state index >= 15 is 0 Å². The Hall–Kier alpha value is -2.21. The molecule has 0 spiro atoms. The standard InChI is InChI=1S/C18H24N4O2/c23-16(24)8-4-5-11-22-12-9-15(10-13-22)18-19-17(20-21-18)14-6-2-1-3-7-14/h1-3,6-7,15H,4-5,8-13H2,(H,23,24)(H,19,20,21). The number of unbranched alkanes of at least 4 members (excludes halogenated alkanes) is 1. The van der Waals surface area contributed by atoms with E-state index in [1.54, 1.807) is 0 Å². The van der Waals surface area contributed by atoms with Crippen LogP contribution in [0.1, 0.15) is 43.8 Å². The average molecular weight is 328 g/mol. The van der Waals surface area contributed by atoms with Gasteiger partial charge in [0.25, 0.3) is 0 Å². The molecule has 6 nitrogen and oxygen atoms in total. The molecule has 3 rings (SSSR count). The molecule has 1 aliphatic rings. The van der Waals surface area contributed by atoms with Gasteiger partial charge in [0.15, 0.2) is 5.82 Å². The number of rotatable bonds is 7. The van der Waals surface area contributed by atoms with Crippen molar-refractivity contribution >= 4 is 5.97 Å². The van der Waals surface area contributed by atoms with E-state index in [2.05, 4.69) is 20.1 Å². The first-order chi connectivity index (χ1) is 11.7. The highest BCUT2D eigenvalue weighted by Crippen LogP contribution is 2.27. The Kier molecular flexibility index (Phi) is 5.59. The molecule has 1 aliphatic heterocycles. The van der Waals surface area contributed by atoms with Crippen LogP contribution in [0.2, 0.25) is 0 Å². The summed E-state index contributed by atoms with van der Waals surface area (Å²) in [6.45, 7) is 3.07. The van der Waals surface area contributed by atoms with Gasteiger partial charge in [0, 0.05) is 17.9 Å². The predicted octanol–water partition coefficient (Wildman–Crippen LogP) is 2.91. The second kappa shape index (κ2) is 8.06. The van der Waals surface area contributed by atoms with Gasteiger partial charge >= 0.3 is 5.97 Å². The van der Waals surface area contributed by atoms with Crippen LogP contribution in [0.4, 0.5) is 0 Å². The molecule has 1 fully saturated rings. The summed E-state index contributed by atoms with van der Waals surface area (Å²) in [5.74, 6) is 1.49. The van der Waals surface area contributed by atoms with Gasteiger partial charge in [0.05, 0.1) is 0 Å². The maximum Gasteiger partial charge on any atom is 0.303 e. The number of carboxylic acid groups (broad SMARTS) is 1. The lowest BCUT2D eigenvalue weighted by atomic mass is 9.96. The maximum atomic E-state index is 10.5. The van der Waals surface area contributed by atoms with Crippen molar-refractivity contribution in [2.24, 2.45) is 0 Å². The van der Waals surface area contributed by atoms with Gasteiger partial charge in [-0.1, -0.05) is 30.3 Å². The Morgan fingerprint density at radius 1 is 1.21 bits per heavy atom. The maximum absolute atomic E-state index is 10.5. The molecule has 0 bridgehead atoms. The first kappa shape index (κ1) is 16.6. The van der Waals surface area contributed by atoms with Crippen LogP contribution < -0.4 is 0 Å². The van der Waals surface area contributed by atoms with E-state index in [1.165, 1.54) is 0 Å². The lowest BCUT2D eigenvalue weighted by Gasteiger charge is -2.30. The fourth-order valence-corrected chi connectivity index (χ4v) is 3.21. The highest BCUT2D eigenvalue weighted by atomic mass is 16.4. The Morgan fingerprint density at radius 2 is 1.96 bits per heavy atom. The summed E-state index contributed by atoms with van der Waals surface area (Å²) in [6, 6.07) is 10.0. The molecule has 1 aromatic carbocycles. The molecule has 1 aromatic heterocycles. The van der Waals surface area contributed by atoms with E-state index in [1.807, 2.05) is 30.3 Å². The highest BCUT2D eigenvalue weighted by molar-refractivity contribution is 5.66. The minimum atomic E-state index is -0.701. The molecule has 2 aromatic rings. The molecule has 128 valence electrons. The quantitative estimate of drug-likeness (QED) is 0.764. The van der Waals surface area contributed by atoms with Crippen LogP contribution in [0.5, 0.6) is 0 Å². The largest absolute Gasteiger partial charge is 0.481 e. The molecule has 0 aliphatic carbocycles. The number of carbonyl (C=O) groups is 1. The second-order valence-corrected chi connectivity index (χ2v) is 6.38. The van der Waals surface area contributed by atoms with Crippen LogP contribution in [0, 0.1) is 0 Å². The van der Waals surface area contributed by atoms with Crippen molar-refractivity contribution in [1.82, 2.24) is 20.1 Å². The van der Waals surface area contributed by atoms with Crippen molar-refractivity contribution in [3.05, 3.63) is 36.2 Å². The Bertz CT molecular complexity index is 648. The third kappa shape index (κ3) is 4.41. The lowest BCUT2D eigenvalue weighted by molar-refractivity contribution is -0.137. The number of piperidine rings is 1. The number of aromatic amines is 1. The smallest absolute Gasteiger partial charge is 0.303 e. The molecule has 2 heterocycles. The van der Waals surface area contributed by atoms with Gasteiger partial charge in [-0.3, -0.25) is 9.89 Å². The van der Waals surface area contributed by atoms with Gasteiger partial charge < -0.3 is 10.0 Å². The number of aliphatic carboxylic acids is 1. The summed E-state index contributed by atoms with van der Waals surface area (Å²) < 4.78 is 0. The average Bonchev–Trinajstić information content (AvgIpc) is 3.10. The van der Waals surface area contributed by atoms with Crippen LogP contribution in [0.15, 0.2) is 30.3 Å². The number of hydrogen-bond acceptors (Lipinski definition) is 4. The fourth-order valence-electron chi connectivity index (χ4n) is 3.21. The van der Waals surface area contributed by atoms with Gasteiger partial charge in [-0.2, -0.15) is 5.10 Å². The number of nitrogens with zero attached hydrogens (tertiary/aromatic N) is 3. The summed E-state index contributed by atoms with van der Waals surface area (Å²) in [4.78, 5) is 17.6. The molecule has 24 heavy (non-hydrogen) atoms. The number of aromatic nitrogens is 3. The number of carboxylic acids is 1. The molecule has 1 saturated heterocycles. The summed E-state index contributed by atoms with van der Waals surface area (Å²) in [5.41, 5.74) is 1.04. The molecular formula is C18H24N4O2. The minimum Gasteiger partial charge on any atom is -0.481 e. The van der Waals surface area contributed by atoms with Gasteiger partial charge in [-0.25, -0.2) is 4.98 Å². The van der Waals surface area contributed by atoms with Gasteiger partial charge in [0.1, 0.15) is 5.82 Å². The summed E-state index contributed by atoms with van der Waals surface area (Å²) in [5, 5.41) is 16.1. The third-order valence-electron chi connectivity index (χ3n) is 4.62. The molecule has 0 atom stereocenters. The van der Waals surface area contributed by atoms with E-state index in [9.17, 15) is 4.79 Å². The molecule has 0 saturated carbocycles. The van der Waals surface area contributed by atoms with Gasteiger partial charge in [-0.15, -0.1) is 0 Å². The van der Waals surface area contributed by atoms with E-state index in [-0.39, 0.29) is 6.42 Å². The zero-order valence-electron chi connectivity index (χ0n) is 13.8. The van der Waals surface area contributed by atoms with Crippen LogP contribution in [0.25, 0.3) is 11.4 Å². The predicted molar refractivity (Wildman–Crippen MR) is 91.7 cm³/mol. The summed E-state index contributed by atoms with van der Waals surface area (Å²) >= 11 is 0. The zero-order chi connectivity index (χ0) is 16.8. The van der Waals surface area contributed by atoms with Crippen molar-refractivity contribution in [2.45, 2.75) is 38.0 Å². The highest BCUT2D eigenvalue weighted by Gasteiger charge is 2.23. The van der Waals surface area contributed by atoms with Crippen molar-refractivity contribution in [3.63, 3.8) is 0 Å².